The van der Waals surface area contributed by atoms with E-state index in [1.165, 1.54) is 35.7 Å². The summed E-state index contributed by atoms with van der Waals surface area (Å²) in [6, 6.07) is 8.12. The largest absolute Gasteiger partial charge is 0.293 e. The highest BCUT2D eigenvalue weighted by molar-refractivity contribution is 8.16. The molecule has 0 radical (unpaired) electrons. The number of benzene rings is 1. The van der Waals surface area contributed by atoms with Gasteiger partial charge in [-0.25, -0.2) is 0 Å². The molecule has 2 rings (SSSR count). The van der Waals surface area contributed by atoms with Crippen LogP contribution in [0.15, 0.2) is 41.8 Å². The van der Waals surface area contributed by atoms with E-state index in [0.29, 0.717) is 5.04 Å². The molecule has 0 spiro atoms. The van der Waals surface area contributed by atoms with Gasteiger partial charge in [0.2, 0.25) is 0 Å². The summed E-state index contributed by atoms with van der Waals surface area (Å²) in [4.78, 5) is 0. The first kappa shape index (κ1) is 10.2. The fraction of sp³-hybridized carbons (Fsp3) is 0.154. The summed E-state index contributed by atoms with van der Waals surface area (Å²) in [5, 5.41) is 9.96. The van der Waals surface area contributed by atoms with Gasteiger partial charge in [-0.2, -0.15) is 0 Å². The zero-order valence-corrected chi connectivity index (χ0v) is 9.31. The maximum absolute atomic E-state index is 7.73. The molecule has 0 aliphatic heterocycles. The van der Waals surface area contributed by atoms with E-state index in [4.69, 9.17) is 5.41 Å². The Kier molecular flexibility index (Phi) is 3.07. The Balaban J connectivity index is 2.12. The van der Waals surface area contributed by atoms with Crippen molar-refractivity contribution >= 4 is 22.9 Å². The molecule has 1 aliphatic carbocycles. The Bertz CT molecular complexity index is 409. The monoisotopic (exact) mass is 215 g/mol. The van der Waals surface area contributed by atoms with Gasteiger partial charge in [0.05, 0.1) is 5.04 Å². The molecule has 1 N–H and O–H groups in total. The number of nitrogens with one attached hydrogen (secondary N) is 1. The van der Waals surface area contributed by atoms with E-state index in [1.807, 2.05) is 12.1 Å². The van der Waals surface area contributed by atoms with Crippen molar-refractivity contribution in [1.82, 2.24) is 0 Å². The quantitative estimate of drug-likeness (QED) is 0.596. The van der Waals surface area contributed by atoms with Gasteiger partial charge in [-0.1, -0.05) is 54.3 Å². The Morgan fingerprint density at radius 2 is 1.93 bits per heavy atom. The molecular formula is C13H13NS. The second kappa shape index (κ2) is 4.49. The first-order chi connectivity index (χ1) is 7.29. The third-order valence-electron chi connectivity index (χ3n) is 2.28. The van der Waals surface area contributed by atoms with Gasteiger partial charge in [0.15, 0.2) is 0 Å². The van der Waals surface area contributed by atoms with Crippen molar-refractivity contribution in [2.24, 2.45) is 0 Å². The molecule has 1 saturated carbocycles. The number of hydrogen-bond acceptors (Lipinski definition) is 2. The van der Waals surface area contributed by atoms with Gasteiger partial charge >= 0.3 is 0 Å². The summed E-state index contributed by atoms with van der Waals surface area (Å²) in [6.07, 6.45) is 4.74. The zero-order valence-electron chi connectivity index (χ0n) is 8.49. The standard InChI is InChI=1S/C13H13NS/c1-2-15-13(14)12-7-5-11(6-8-12)9-10-3-4-10/h2,5-9,14H,1,3-4H2. The van der Waals surface area contributed by atoms with Crippen molar-refractivity contribution < 1.29 is 0 Å². The average molecular weight is 215 g/mol. The van der Waals surface area contributed by atoms with Gasteiger partial charge in [-0.15, -0.1) is 0 Å². The Hall–Kier alpha value is -1.28. The second-order valence-electron chi connectivity index (χ2n) is 3.54. The van der Waals surface area contributed by atoms with Gasteiger partial charge in [-0.3, -0.25) is 5.41 Å². The minimum absolute atomic E-state index is 0.552. The number of allylic oxidation sites excluding steroid dienone is 1. The highest BCUT2D eigenvalue weighted by Gasteiger charge is 2.10. The van der Waals surface area contributed by atoms with Gasteiger partial charge in [0.1, 0.15) is 0 Å². The summed E-state index contributed by atoms with van der Waals surface area (Å²) in [5.74, 6) is 0. The SMILES string of the molecule is C=CSC(=N)c1ccc(C=C2CC2)cc1. The van der Waals surface area contributed by atoms with Crippen LogP contribution in [0.2, 0.25) is 0 Å². The van der Waals surface area contributed by atoms with Crippen molar-refractivity contribution in [3.8, 4) is 0 Å². The van der Waals surface area contributed by atoms with E-state index >= 15 is 0 Å². The number of thioether (sulfide) groups is 1. The summed E-state index contributed by atoms with van der Waals surface area (Å²) in [7, 11) is 0. The molecule has 2 heteroatoms. The maximum atomic E-state index is 7.73. The highest BCUT2D eigenvalue weighted by Crippen LogP contribution is 2.30. The molecule has 0 heterocycles. The molecule has 1 aromatic carbocycles. The molecule has 0 saturated heterocycles. The lowest BCUT2D eigenvalue weighted by Gasteiger charge is -2.00. The summed E-state index contributed by atoms with van der Waals surface area (Å²) in [5.41, 5.74) is 3.72. The molecule has 1 fully saturated rings. The minimum Gasteiger partial charge on any atom is -0.293 e. The van der Waals surface area contributed by atoms with E-state index in [-0.39, 0.29) is 0 Å². The number of rotatable bonds is 3. The Labute approximate surface area is 94.4 Å². The van der Waals surface area contributed by atoms with E-state index in [0.717, 1.165) is 5.56 Å². The lowest BCUT2D eigenvalue weighted by molar-refractivity contribution is 1.50. The van der Waals surface area contributed by atoms with Crippen LogP contribution in [0.3, 0.4) is 0 Å². The molecule has 1 nitrogen and oxygen atoms in total. The molecule has 1 aromatic rings. The summed E-state index contributed by atoms with van der Waals surface area (Å²) < 4.78 is 0. The zero-order chi connectivity index (χ0) is 10.7. The molecule has 15 heavy (non-hydrogen) atoms. The van der Waals surface area contributed by atoms with Crippen LogP contribution in [0.4, 0.5) is 0 Å². The minimum atomic E-state index is 0.552. The first-order valence-electron chi connectivity index (χ1n) is 4.95. The van der Waals surface area contributed by atoms with Crippen LogP contribution in [0.5, 0.6) is 0 Å². The molecular weight excluding hydrogens is 202 g/mol. The molecule has 0 aromatic heterocycles. The van der Waals surface area contributed by atoms with Gasteiger partial charge in [-0.05, 0) is 23.8 Å². The van der Waals surface area contributed by atoms with Crippen molar-refractivity contribution in [1.29, 1.82) is 5.41 Å². The molecule has 0 bridgehead atoms. The highest BCUT2D eigenvalue weighted by atomic mass is 32.2. The third-order valence-corrected chi connectivity index (χ3v) is 2.92. The molecule has 76 valence electrons. The van der Waals surface area contributed by atoms with Crippen LogP contribution < -0.4 is 0 Å². The lowest BCUT2D eigenvalue weighted by atomic mass is 10.1. The average Bonchev–Trinajstić information content (AvgIpc) is 3.03. The van der Waals surface area contributed by atoms with E-state index in [9.17, 15) is 0 Å². The first-order valence-corrected chi connectivity index (χ1v) is 5.83. The maximum Gasteiger partial charge on any atom is 0.0984 e. The topological polar surface area (TPSA) is 23.9 Å². The van der Waals surface area contributed by atoms with Crippen LogP contribution in [0.1, 0.15) is 24.0 Å². The predicted molar refractivity (Wildman–Crippen MR) is 68.3 cm³/mol. The molecule has 1 aliphatic rings. The van der Waals surface area contributed by atoms with Crippen LogP contribution in [-0.4, -0.2) is 5.04 Å². The van der Waals surface area contributed by atoms with Crippen LogP contribution in [-0.2, 0) is 0 Å². The lowest BCUT2D eigenvalue weighted by Crippen LogP contribution is -1.90. The van der Waals surface area contributed by atoms with E-state index in [1.54, 1.807) is 5.41 Å². The van der Waals surface area contributed by atoms with Gasteiger partial charge in [0, 0.05) is 5.56 Å². The van der Waals surface area contributed by atoms with Crippen LogP contribution in [0, 0.1) is 5.41 Å². The van der Waals surface area contributed by atoms with Crippen LogP contribution in [0.25, 0.3) is 6.08 Å². The summed E-state index contributed by atoms with van der Waals surface area (Å²) >= 11 is 1.35. The molecule has 0 amide bonds. The van der Waals surface area contributed by atoms with Crippen molar-refractivity contribution in [3.63, 3.8) is 0 Å². The molecule has 0 unspecified atom stereocenters. The third kappa shape index (κ3) is 2.83. The van der Waals surface area contributed by atoms with E-state index < -0.39 is 0 Å². The number of hydrogen-bond donors (Lipinski definition) is 1. The Morgan fingerprint density at radius 1 is 1.27 bits per heavy atom. The second-order valence-corrected chi connectivity index (χ2v) is 4.52. The van der Waals surface area contributed by atoms with Gasteiger partial charge in [0.25, 0.3) is 0 Å². The van der Waals surface area contributed by atoms with Gasteiger partial charge < -0.3 is 0 Å². The predicted octanol–water partition coefficient (Wildman–Crippen LogP) is 4.07. The fourth-order valence-electron chi connectivity index (χ4n) is 1.33. The van der Waals surface area contributed by atoms with Crippen molar-refractivity contribution in [2.45, 2.75) is 12.8 Å². The molecule has 0 atom stereocenters. The smallest absolute Gasteiger partial charge is 0.0984 e. The normalized spacial score (nSPS) is 13.5. The Morgan fingerprint density at radius 3 is 2.47 bits per heavy atom. The van der Waals surface area contributed by atoms with Crippen LogP contribution >= 0.6 is 11.8 Å². The van der Waals surface area contributed by atoms with E-state index in [2.05, 4.69) is 24.8 Å². The van der Waals surface area contributed by atoms with Crippen molar-refractivity contribution in [3.05, 3.63) is 53.0 Å². The fourth-order valence-corrected chi connectivity index (χ4v) is 1.77. The van der Waals surface area contributed by atoms with Crippen molar-refractivity contribution in [2.75, 3.05) is 0 Å². The summed E-state index contributed by atoms with van der Waals surface area (Å²) in [6.45, 7) is 3.60.